The van der Waals surface area contributed by atoms with Crippen molar-refractivity contribution in [2.24, 2.45) is 0 Å². The molecular formula is C25H23ClN4O2. The second-order valence-electron chi connectivity index (χ2n) is 7.82. The number of halogens is 1. The van der Waals surface area contributed by atoms with Gasteiger partial charge in [0.05, 0.1) is 11.3 Å². The molecule has 6 nitrogen and oxygen atoms in total. The predicted molar refractivity (Wildman–Crippen MR) is 127 cm³/mol. The van der Waals surface area contributed by atoms with Crippen LogP contribution >= 0.6 is 11.6 Å². The zero-order chi connectivity index (χ0) is 21.9. The highest BCUT2D eigenvalue weighted by atomic mass is 35.5. The van der Waals surface area contributed by atoms with Gasteiger partial charge in [0.25, 0.3) is 5.91 Å². The molecule has 0 radical (unpaired) electrons. The maximum Gasteiger partial charge on any atom is 0.255 e. The van der Waals surface area contributed by atoms with Crippen LogP contribution in [0.2, 0.25) is 5.02 Å². The number of fused-ring (bicyclic) bond motifs is 1. The van der Waals surface area contributed by atoms with Crippen LogP contribution < -0.4 is 10.6 Å². The highest BCUT2D eigenvalue weighted by Crippen LogP contribution is 2.32. The normalized spacial score (nSPS) is 14.5. The summed E-state index contributed by atoms with van der Waals surface area (Å²) in [5.41, 5.74) is 4.56. The zero-order valence-electron chi connectivity index (χ0n) is 17.5. The molecule has 3 aromatic carbocycles. The lowest BCUT2D eigenvalue weighted by atomic mass is 10.1. The summed E-state index contributed by atoms with van der Waals surface area (Å²) in [5, 5.41) is 6.86. The van der Waals surface area contributed by atoms with Crippen LogP contribution in [0.25, 0.3) is 22.6 Å². The van der Waals surface area contributed by atoms with E-state index in [4.69, 9.17) is 21.0 Å². The van der Waals surface area contributed by atoms with Crippen molar-refractivity contribution in [1.29, 1.82) is 0 Å². The van der Waals surface area contributed by atoms with Crippen molar-refractivity contribution in [3.63, 3.8) is 0 Å². The molecule has 2 heterocycles. The van der Waals surface area contributed by atoms with Crippen molar-refractivity contribution in [2.75, 3.05) is 31.5 Å². The van der Waals surface area contributed by atoms with Crippen molar-refractivity contribution < 1.29 is 9.21 Å². The Morgan fingerprint density at radius 2 is 1.88 bits per heavy atom. The number of hydrogen-bond acceptors (Lipinski definition) is 5. The van der Waals surface area contributed by atoms with E-state index in [2.05, 4.69) is 21.6 Å². The summed E-state index contributed by atoms with van der Waals surface area (Å²) < 4.78 is 6.25. The molecule has 162 valence electrons. The second kappa shape index (κ2) is 9.12. The second-order valence-corrected chi connectivity index (χ2v) is 8.26. The summed E-state index contributed by atoms with van der Waals surface area (Å²) in [6.45, 7) is 4.83. The third-order valence-corrected chi connectivity index (χ3v) is 5.83. The molecule has 5 rings (SSSR count). The van der Waals surface area contributed by atoms with E-state index in [1.807, 2.05) is 36.4 Å². The van der Waals surface area contributed by atoms with E-state index < -0.39 is 0 Å². The van der Waals surface area contributed by atoms with Crippen molar-refractivity contribution in [1.82, 2.24) is 15.2 Å². The molecule has 32 heavy (non-hydrogen) atoms. The number of carbonyl (C=O) groups excluding carboxylic acids is 1. The maximum absolute atomic E-state index is 12.8. The third-order valence-electron chi connectivity index (χ3n) is 5.59. The first-order valence-electron chi connectivity index (χ1n) is 10.7. The van der Waals surface area contributed by atoms with Crippen LogP contribution in [0.5, 0.6) is 0 Å². The van der Waals surface area contributed by atoms with Gasteiger partial charge in [0, 0.05) is 48.9 Å². The number of oxazole rings is 1. The van der Waals surface area contributed by atoms with Gasteiger partial charge in [-0.15, -0.1) is 0 Å². The van der Waals surface area contributed by atoms with Crippen molar-refractivity contribution in [2.45, 2.75) is 6.54 Å². The number of amides is 1. The average Bonchev–Trinajstić information content (AvgIpc) is 3.25. The van der Waals surface area contributed by atoms with Crippen LogP contribution in [0.4, 0.5) is 5.69 Å². The van der Waals surface area contributed by atoms with Gasteiger partial charge >= 0.3 is 0 Å². The number of aromatic nitrogens is 1. The molecule has 1 aliphatic rings. The van der Waals surface area contributed by atoms with Gasteiger partial charge in [-0.1, -0.05) is 41.9 Å². The number of nitrogens with zero attached hydrogens (tertiary/aromatic N) is 2. The Kier molecular flexibility index (Phi) is 5.90. The quantitative estimate of drug-likeness (QED) is 0.460. The fourth-order valence-corrected chi connectivity index (χ4v) is 4.15. The zero-order valence-corrected chi connectivity index (χ0v) is 18.2. The van der Waals surface area contributed by atoms with Crippen LogP contribution in [0, 0.1) is 0 Å². The van der Waals surface area contributed by atoms with E-state index in [9.17, 15) is 4.79 Å². The molecule has 7 heteroatoms. The van der Waals surface area contributed by atoms with Gasteiger partial charge in [0.1, 0.15) is 5.52 Å². The molecule has 0 aliphatic carbocycles. The van der Waals surface area contributed by atoms with Gasteiger partial charge < -0.3 is 15.1 Å². The molecule has 0 atom stereocenters. The number of para-hydroxylation sites is 2. The molecular weight excluding hydrogens is 424 g/mol. The fourth-order valence-electron chi connectivity index (χ4n) is 3.96. The fraction of sp³-hybridized carbons (Fsp3) is 0.200. The first-order chi connectivity index (χ1) is 15.7. The molecule has 4 aromatic rings. The summed E-state index contributed by atoms with van der Waals surface area (Å²) >= 11 is 6.04. The highest BCUT2D eigenvalue weighted by molar-refractivity contribution is 6.31. The van der Waals surface area contributed by atoms with Gasteiger partial charge in [-0.3, -0.25) is 9.69 Å². The SMILES string of the molecule is O=C(Nc1ccccc1-c1nc2cccc(CN3CCNCC3)c2o1)c1cccc(Cl)c1. The Bertz CT molecular complexity index is 1260. The van der Waals surface area contributed by atoms with E-state index in [-0.39, 0.29) is 5.91 Å². The molecule has 0 bridgehead atoms. The number of piperazine rings is 1. The van der Waals surface area contributed by atoms with Crippen molar-refractivity contribution >= 4 is 34.3 Å². The number of nitrogens with one attached hydrogen (secondary N) is 2. The molecule has 2 N–H and O–H groups in total. The highest BCUT2D eigenvalue weighted by Gasteiger charge is 2.18. The molecule has 0 spiro atoms. The Balaban J connectivity index is 1.45. The Morgan fingerprint density at radius 3 is 2.72 bits per heavy atom. The lowest BCUT2D eigenvalue weighted by Crippen LogP contribution is -2.42. The molecule has 0 unspecified atom stereocenters. The standard InChI is InChI=1S/C25H23ClN4O2/c26-19-7-3-5-17(15-19)24(31)28-21-9-2-1-8-20(21)25-29-22-10-4-6-18(23(22)32-25)16-30-13-11-27-12-14-30/h1-10,15,27H,11-14,16H2,(H,28,31). The molecule has 1 fully saturated rings. The maximum atomic E-state index is 12.8. The van der Waals surface area contributed by atoms with Gasteiger partial charge in [-0.05, 0) is 36.4 Å². The minimum Gasteiger partial charge on any atom is -0.436 e. The van der Waals surface area contributed by atoms with E-state index in [1.165, 1.54) is 0 Å². The monoisotopic (exact) mass is 446 g/mol. The Hall–Kier alpha value is -3.19. The van der Waals surface area contributed by atoms with E-state index >= 15 is 0 Å². The summed E-state index contributed by atoms with van der Waals surface area (Å²) in [7, 11) is 0. The van der Waals surface area contributed by atoms with Crippen molar-refractivity contribution in [3.8, 4) is 11.5 Å². The van der Waals surface area contributed by atoms with Crippen LogP contribution in [-0.2, 0) is 6.54 Å². The Morgan fingerprint density at radius 1 is 1.06 bits per heavy atom. The first kappa shape index (κ1) is 20.7. The minimum atomic E-state index is -0.240. The average molecular weight is 447 g/mol. The van der Waals surface area contributed by atoms with E-state index in [1.54, 1.807) is 24.3 Å². The third kappa shape index (κ3) is 4.39. The minimum absolute atomic E-state index is 0.240. The van der Waals surface area contributed by atoms with Crippen LogP contribution in [-0.4, -0.2) is 42.0 Å². The number of hydrogen-bond donors (Lipinski definition) is 2. The lowest BCUT2D eigenvalue weighted by molar-refractivity contribution is 0.102. The van der Waals surface area contributed by atoms with Gasteiger partial charge in [-0.25, -0.2) is 4.98 Å². The Labute approximate surface area is 191 Å². The van der Waals surface area contributed by atoms with Gasteiger partial charge in [0.15, 0.2) is 5.58 Å². The summed E-state index contributed by atoms with van der Waals surface area (Å²) in [5.74, 6) is 0.241. The lowest BCUT2D eigenvalue weighted by Gasteiger charge is -2.27. The van der Waals surface area contributed by atoms with Crippen LogP contribution in [0.3, 0.4) is 0 Å². The topological polar surface area (TPSA) is 70.4 Å². The van der Waals surface area contributed by atoms with Gasteiger partial charge in [-0.2, -0.15) is 0 Å². The number of rotatable bonds is 5. The number of anilines is 1. The molecule has 1 aromatic heterocycles. The van der Waals surface area contributed by atoms with Crippen LogP contribution in [0.1, 0.15) is 15.9 Å². The summed E-state index contributed by atoms with van der Waals surface area (Å²) in [4.78, 5) is 19.9. The summed E-state index contributed by atoms with van der Waals surface area (Å²) in [6.07, 6.45) is 0. The molecule has 0 saturated carbocycles. The summed E-state index contributed by atoms with van der Waals surface area (Å²) in [6, 6.07) is 20.4. The first-order valence-corrected chi connectivity index (χ1v) is 11.0. The smallest absolute Gasteiger partial charge is 0.255 e. The number of carbonyl (C=O) groups is 1. The van der Waals surface area contributed by atoms with Crippen LogP contribution in [0.15, 0.2) is 71.1 Å². The van der Waals surface area contributed by atoms with Gasteiger partial charge in [0.2, 0.25) is 5.89 Å². The van der Waals surface area contributed by atoms with E-state index in [0.717, 1.165) is 55.0 Å². The largest absolute Gasteiger partial charge is 0.436 e. The van der Waals surface area contributed by atoms with Crippen molar-refractivity contribution in [3.05, 3.63) is 82.9 Å². The molecule has 1 amide bonds. The predicted octanol–water partition coefficient (Wildman–Crippen LogP) is 4.81. The number of benzene rings is 3. The molecule has 1 saturated heterocycles. The van der Waals surface area contributed by atoms with E-state index in [0.29, 0.717) is 22.2 Å². The molecule has 1 aliphatic heterocycles.